The Morgan fingerprint density at radius 2 is 1.64 bits per heavy atom. The predicted molar refractivity (Wildman–Crippen MR) is 160 cm³/mol. The Morgan fingerprint density at radius 3 is 2.38 bits per heavy atom. The lowest BCUT2D eigenvalue weighted by Gasteiger charge is -2.23. The lowest BCUT2D eigenvalue weighted by atomic mass is 9.95. The number of methoxy groups -OCH3 is 1. The maximum Gasteiger partial charge on any atom is 0.345 e. The largest absolute Gasteiger partial charge is 0.493 e. The summed E-state index contributed by atoms with van der Waals surface area (Å²) >= 11 is 12.0. The van der Waals surface area contributed by atoms with Gasteiger partial charge in [0, 0.05) is 11.1 Å². The SMILES string of the molecule is COc1cc(/C=N/NC(=O)C(=O)Nc2ccccc2C(=O)NC2CCCCC2)ccc1OC(=O)c1ccc(Cl)cc1Cl. The molecule has 0 bridgehead atoms. The molecule has 1 aliphatic rings. The number of para-hydroxylation sites is 1. The lowest BCUT2D eigenvalue weighted by molar-refractivity contribution is -0.136. The molecule has 10 nitrogen and oxygen atoms in total. The summed E-state index contributed by atoms with van der Waals surface area (Å²) in [6.45, 7) is 0. The molecule has 218 valence electrons. The second-order valence-electron chi connectivity index (χ2n) is 9.43. The topological polar surface area (TPSA) is 135 Å². The molecule has 4 rings (SSSR count). The number of nitrogens with zero attached hydrogens (tertiary/aromatic N) is 1. The van der Waals surface area contributed by atoms with Crippen LogP contribution in [0.15, 0.2) is 65.8 Å². The van der Waals surface area contributed by atoms with Gasteiger partial charge in [-0.15, -0.1) is 0 Å². The molecular formula is C30H28Cl2N4O6. The fourth-order valence-corrected chi connectivity index (χ4v) is 4.84. The number of ether oxygens (including phenoxy) is 2. The van der Waals surface area contributed by atoms with Crippen LogP contribution in [0, 0.1) is 0 Å². The first-order chi connectivity index (χ1) is 20.2. The monoisotopic (exact) mass is 610 g/mol. The highest BCUT2D eigenvalue weighted by atomic mass is 35.5. The van der Waals surface area contributed by atoms with Gasteiger partial charge >= 0.3 is 17.8 Å². The van der Waals surface area contributed by atoms with Crippen LogP contribution in [0.25, 0.3) is 0 Å². The Morgan fingerprint density at radius 1 is 0.881 bits per heavy atom. The summed E-state index contributed by atoms with van der Waals surface area (Å²) in [5, 5.41) is 9.81. The van der Waals surface area contributed by atoms with E-state index in [1.807, 2.05) is 0 Å². The number of hydrazone groups is 1. The van der Waals surface area contributed by atoms with Crippen molar-refractivity contribution in [3.05, 3.63) is 87.4 Å². The Hall–Kier alpha value is -4.41. The number of benzene rings is 3. The molecule has 1 aliphatic carbocycles. The van der Waals surface area contributed by atoms with E-state index in [9.17, 15) is 19.2 Å². The zero-order valence-corrected chi connectivity index (χ0v) is 24.1. The molecule has 12 heteroatoms. The van der Waals surface area contributed by atoms with Gasteiger partial charge in [-0.25, -0.2) is 10.2 Å². The third-order valence-corrected chi connectivity index (χ3v) is 7.04. The minimum atomic E-state index is -1.04. The summed E-state index contributed by atoms with van der Waals surface area (Å²) < 4.78 is 10.7. The highest BCUT2D eigenvalue weighted by Crippen LogP contribution is 2.30. The molecule has 0 heterocycles. The molecule has 0 unspecified atom stereocenters. The highest BCUT2D eigenvalue weighted by Gasteiger charge is 2.21. The maximum atomic E-state index is 12.8. The molecule has 3 N–H and O–H groups in total. The first-order valence-electron chi connectivity index (χ1n) is 13.1. The van der Waals surface area contributed by atoms with Crippen LogP contribution in [-0.2, 0) is 9.59 Å². The first-order valence-corrected chi connectivity index (χ1v) is 13.9. The van der Waals surface area contributed by atoms with E-state index >= 15 is 0 Å². The van der Waals surface area contributed by atoms with Gasteiger partial charge in [-0.1, -0.05) is 54.6 Å². The van der Waals surface area contributed by atoms with E-state index in [-0.39, 0.29) is 45.3 Å². The van der Waals surface area contributed by atoms with Crippen molar-refractivity contribution in [1.82, 2.24) is 10.7 Å². The van der Waals surface area contributed by atoms with Crippen molar-refractivity contribution in [2.24, 2.45) is 5.10 Å². The number of hydrogen-bond acceptors (Lipinski definition) is 7. The Bertz CT molecular complexity index is 1520. The molecule has 0 radical (unpaired) electrons. The van der Waals surface area contributed by atoms with Crippen LogP contribution in [0.1, 0.15) is 58.4 Å². The molecule has 0 aromatic heterocycles. The van der Waals surface area contributed by atoms with Gasteiger partial charge in [0.15, 0.2) is 11.5 Å². The second kappa shape index (κ2) is 14.5. The molecule has 3 amide bonds. The lowest BCUT2D eigenvalue weighted by Crippen LogP contribution is -2.37. The fourth-order valence-electron chi connectivity index (χ4n) is 4.35. The van der Waals surface area contributed by atoms with E-state index in [1.54, 1.807) is 30.3 Å². The van der Waals surface area contributed by atoms with E-state index < -0.39 is 17.8 Å². The van der Waals surface area contributed by atoms with Gasteiger partial charge in [-0.3, -0.25) is 14.4 Å². The first kappa shape index (κ1) is 30.5. The summed E-state index contributed by atoms with van der Waals surface area (Å²) in [6, 6.07) is 15.5. The van der Waals surface area contributed by atoms with Crippen molar-refractivity contribution in [2.45, 2.75) is 38.1 Å². The van der Waals surface area contributed by atoms with Crippen LogP contribution in [0.4, 0.5) is 5.69 Å². The average molecular weight is 611 g/mol. The number of amides is 3. The van der Waals surface area contributed by atoms with Crippen molar-refractivity contribution in [3.63, 3.8) is 0 Å². The minimum Gasteiger partial charge on any atom is -0.493 e. The maximum absolute atomic E-state index is 12.8. The van der Waals surface area contributed by atoms with Crippen LogP contribution >= 0.6 is 23.2 Å². The van der Waals surface area contributed by atoms with E-state index in [0.717, 1.165) is 32.1 Å². The van der Waals surface area contributed by atoms with E-state index in [1.165, 1.54) is 43.7 Å². The summed E-state index contributed by atoms with van der Waals surface area (Å²) in [4.78, 5) is 50.3. The average Bonchev–Trinajstić information content (AvgIpc) is 2.98. The van der Waals surface area contributed by atoms with Crippen molar-refractivity contribution in [3.8, 4) is 11.5 Å². The van der Waals surface area contributed by atoms with Crippen LogP contribution < -0.4 is 25.5 Å². The summed E-state index contributed by atoms with van der Waals surface area (Å²) in [7, 11) is 1.39. The van der Waals surface area contributed by atoms with E-state index in [0.29, 0.717) is 10.6 Å². The normalized spacial score (nSPS) is 13.3. The minimum absolute atomic E-state index is 0.0920. The summed E-state index contributed by atoms with van der Waals surface area (Å²) in [5.41, 5.74) is 3.22. The van der Waals surface area contributed by atoms with Gasteiger partial charge in [0.1, 0.15) is 0 Å². The molecule has 0 atom stereocenters. The Labute approximate surface area is 252 Å². The fraction of sp³-hybridized carbons (Fsp3) is 0.233. The number of carbonyl (C=O) groups excluding carboxylic acids is 4. The number of halogens is 2. The van der Waals surface area contributed by atoms with Crippen molar-refractivity contribution in [2.75, 3.05) is 12.4 Å². The molecule has 0 saturated heterocycles. The zero-order chi connectivity index (χ0) is 30.1. The van der Waals surface area contributed by atoms with Gasteiger partial charge in [0.2, 0.25) is 0 Å². The van der Waals surface area contributed by atoms with Gasteiger partial charge < -0.3 is 20.1 Å². The number of esters is 1. The molecule has 3 aromatic rings. The molecule has 42 heavy (non-hydrogen) atoms. The van der Waals surface area contributed by atoms with Crippen molar-refractivity contribution >= 4 is 58.8 Å². The smallest absolute Gasteiger partial charge is 0.345 e. The number of hydrogen-bond donors (Lipinski definition) is 3. The van der Waals surface area contributed by atoms with Gasteiger partial charge in [0.25, 0.3) is 5.91 Å². The predicted octanol–water partition coefficient (Wildman–Crippen LogP) is 5.37. The second-order valence-corrected chi connectivity index (χ2v) is 10.3. The number of anilines is 1. The standard InChI is InChI=1S/C30H28Cl2N4O6/c1-41-26-15-18(11-14-25(26)42-30(40)21-13-12-19(31)16-23(21)32)17-33-36-29(39)28(38)35-24-10-6-5-9-22(24)27(37)34-20-7-3-2-4-8-20/h5-6,9-17,20H,2-4,7-8H2,1H3,(H,34,37)(H,35,38)(H,36,39)/b33-17+. The van der Waals surface area contributed by atoms with Gasteiger partial charge in [0.05, 0.1) is 35.2 Å². The van der Waals surface area contributed by atoms with E-state index in [4.69, 9.17) is 32.7 Å². The summed E-state index contributed by atoms with van der Waals surface area (Å²) in [6.07, 6.45) is 6.39. The Kier molecular flexibility index (Phi) is 10.5. The van der Waals surface area contributed by atoms with Crippen LogP contribution in [0.2, 0.25) is 10.0 Å². The molecule has 1 fully saturated rings. The number of carbonyl (C=O) groups is 4. The third-order valence-electron chi connectivity index (χ3n) is 6.49. The molecule has 3 aromatic carbocycles. The van der Waals surface area contributed by atoms with Crippen LogP contribution in [0.5, 0.6) is 11.5 Å². The number of rotatable bonds is 8. The molecular weight excluding hydrogens is 583 g/mol. The Balaban J connectivity index is 1.34. The number of nitrogens with one attached hydrogen (secondary N) is 3. The zero-order valence-electron chi connectivity index (χ0n) is 22.6. The van der Waals surface area contributed by atoms with Gasteiger partial charge in [-0.2, -0.15) is 5.10 Å². The van der Waals surface area contributed by atoms with Gasteiger partial charge in [-0.05, 0) is 66.9 Å². The van der Waals surface area contributed by atoms with E-state index in [2.05, 4.69) is 21.2 Å². The molecule has 1 saturated carbocycles. The molecule has 0 aliphatic heterocycles. The third kappa shape index (κ3) is 8.08. The summed E-state index contributed by atoms with van der Waals surface area (Å²) in [5.74, 6) is -2.71. The van der Waals surface area contributed by atoms with Crippen molar-refractivity contribution in [1.29, 1.82) is 0 Å². The van der Waals surface area contributed by atoms with Crippen LogP contribution in [-0.4, -0.2) is 43.1 Å². The molecule has 0 spiro atoms. The highest BCUT2D eigenvalue weighted by molar-refractivity contribution is 6.40. The van der Waals surface area contributed by atoms with Crippen LogP contribution in [0.3, 0.4) is 0 Å². The van der Waals surface area contributed by atoms with Crippen molar-refractivity contribution < 1.29 is 28.7 Å². The quantitative estimate of drug-likeness (QED) is 0.103.